The molecule has 0 aromatic carbocycles. The summed E-state index contributed by atoms with van der Waals surface area (Å²) in [7, 11) is 0. The summed E-state index contributed by atoms with van der Waals surface area (Å²) in [5.41, 5.74) is -1.91. The zero-order valence-corrected chi connectivity index (χ0v) is 13.8. The van der Waals surface area contributed by atoms with Crippen LogP contribution >= 0.6 is 0 Å². The number of hydrogen-bond donors (Lipinski definition) is 0. The van der Waals surface area contributed by atoms with Crippen molar-refractivity contribution < 1.29 is 23.8 Å². The lowest BCUT2D eigenvalue weighted by molar-refractivity contribution is -0.230. The van der Waals surface area contributed by atoms with Gasteiger partial charge in [0.2, 0.25) is 5.91 Å². The highest BCUT2D eigenvalue weighted by molar-refractivity contribution is 6.06. The number of ether oxygens (including phenoxy) is 3. The van der Waals surface area contributed by atoms with Crippen molar-refractivity contribution in [3.05, 3.63) is 12.3 Å². The number of hydrogen-bond acceptors (Lipinski definition) is 5. The summed E-state index contributed by atoms with van der Waals surface area (Å²) in [4.78, 5) is 25.1. The Hall–Kier alpha value is -1.68. The highest BCUT2D eigenvalue weighted by atomic mass is 16.8. The Morgan fingerprint density at radius 3 is 2.61 bits per heavy atom. The number of carbonyl (C=O) groups is 2. The molecule has 1 amide bonds. The molecule has 3 aliphatic rings. The first-order chi connectivity index (χ1) is 10.7. The van der Waals surface area contributed by atoms with Crippen molar-refractivity contribution >= 4 is 11.7 Å². The van der Waals surface area contributed by atoms with E-state index in [1.165, 1.54) is 17.2 Å². The zero-order chi connectivity index (χ0) is 17.0. The predicted octanol–water partition coefficient (Wildman–Crippen LogP) is 1.35. The standard InChI is InChI=1S/C17H21NO5/c1-6-17(7-2)13-16(5,23-15(3,4)21-13)14(22-17)18-9-8-11(19)10-12(18)20/h1,8-9,13-14H,7,10H2,2-5H3/t13-,14+,16+,17+/m0/s1. The van der Waals surface area contributed by atoms with Crippen LogP contribution in [0.3, 0.4) is 0 Å². The van der Waals surface area contributed by atoms with Crippen molar-refractivity contribution in [2.75, 3.05) is 0 Å². The summed E-state index contributed by atoms with van der Waals surface area (Å²) in [5.74, 6) is 1.30. The van der Waals surface area contributed by atoms with Gasteiger partial charge in [-0.15, -0.1) is 6.42 Å². The van der Waals surface area contributed by atoms with Gasteiger partial charge in [0, 0.05) is 6.20 Å². The molecule has 0 saturated carbocycles. The second-order valence-corrected chi connectivity index (χ2v) is 6.80. The number of carbonyl (C=O) groups excluding carboxylic acids is 2. The Morgan fingerprint density at radius 1 is 1.35 bits per heavy atom. The molecule has 124 valence electrons. The van der Waals surface area contributed by atoms with E-state index in [0.717, 1.165) is 0 Å². The Labute approximate surface area is 135 Å². The number of nitrogens with zero attached hydrogens (tertiary/aromatic N) is 1. The third-order valence-electron chi connectivity index (χ3n) is 4.68. The maximum atomic E-state index is 12.3. The minimum absolute atomic E-state index is 0.184. The molecule has 0 spiro atoms. The summed E-state index contributed by atoms with van der Waals surface area (Å²) in [6.45, 7) is 7.36. The molecule has 0 N–H and O–H groups in total. The van der Waals surface area contributed by atoms with Crippen LogP contribution < -0.4 is 0 Å². The summed E-state index contributed by atoms with van der Waals surface area (Å²) >= 11 is 0. The Bertz CT molecular complexity index is 633. The third kappa shape index (κ3) is 2.23. The monoisotopic (exact) mass is 319 g/mol. The van der Waals surface area contributed by atoms with E-state index in [4.69, 9.17) is 20.6 Å². The van der Waals surface area contributed by atoms with Crippen LogP contribution in [-0.2, 0) is 23.8 Å². The van der Waals surface area contributed by atoms with Gasteiger partial charge in [0.25, 0.3) is 0 Å². The van der Waals surface area contributed by atoms with Crippen molar-refractivity contribution in [1.82, 2.24) is 4.90 Å². The van der Waals surface area contributed by atoms with Crippen LogP contribution in [0.2, 0.25) is 0 Å². The van der Waals surface area contributed by atoms with Gasteiger partial charge in [-0.05, 0) is 33.3 Å². The van der Waals surface area contributed by atoms with Crippen LogP contribution in [0.1, 0.15) is 40.5 Å². The van der Waals surface area contributed by atoms with Crippen molar-refractivity contribution in [2.45, 2.75) is 69.9 Å². The van der Waals surface area contributed by atoms with Gasteiger partial charge in [0.15, 0.2) is 23.4 Å². The number of amides is 1. The van der Waals surface area contributed by atoms with Gasteiger partial charge in [0.05, 0.1) is 6.42 Å². The summed E-state index contributed by atoms with van der Waals surface area (Å²) in [6.07, 6.45) is 7.63. The van der Waals surface area contributed by atoms with Crippen LogP contribution in [0.25, 0.3) is 0 Å². The molecule has 2 fully saturated rings. The lowest BCUT2D eigenvalue weighted by Crippen LogP contribution is -2.53. The minimum Gasteiger partial charge on any atom is -0.340 e. The van der Waals surface area contributed by atoms with Crippen LogP contribution in [0.15, 0.2) is 12.3 Å². The molecule has 6 heteroatoms. The molecule has 23 heavy (non-hydrogen) atoms. The highest BCUT2D eigenvalue weighted by Crippen LogP contribution is 2.53. The van der Waals surface area contributed by atoms with E-state index in [0.29, 0.717) is 6.42 Å². The van der Waals surface area contributed by atoms with Crippen LogP contribution in [0.5, 0.6) is 0 Å². The highest BCUT2D eigenvalue weighted by Gasteiger charge is 2.70. The molecule has 0 aromatic heterocycles. The molecule has 0 bridgehead atoms. The lowest BCUT2D eigenvalue weighted by atomic mass is 9.86. The number of fused-ring (bicyclic) bond motifs is 1. The second kappa shape index (κ2) is 4.91. The van der Waals surface area contributed by atoms with Crippen molar-refractivity contribution in [3.63, 3.8) is 0 Å². The first kappa shape index (κ1) is 16.2. The molecule has 0 aromatic rings. The smallest absolute Gasteiger partial charge is 0.236 e. The molecular weight excluding hydrogens is 298 g/mol. The van der Waals surface area contributed by atoms with Gasteiger partial charge >= 0.3 is 0 Å². The molecule has 3 rings (SSSR count). The fraction of sp³-hybridized carbons (Fsp3) is 0.647. The summed E-state index contributed by atoms with van der Waals surface area (Å²) in [5, 5.41) is 0. The quantitative estimate of drug-likeness (QED) is 0.568. The predicted molar refractivity (Wildman–Crippen MR) is 80.8 cm³/mol. The number of rotatable bonds is 2. The number of terminal acetylenes is 1. The van der Waals surface area contributed by atoms with Gasteiger partial charge in [-0.1, -0.05) is 12.8 Å². The molecular formula is C17H21NO5. The fourth-order valence-electron chi connectivity index (χ4n) is 3.69. The van der Waals surface area contributed by atoms with Gasteiger partial charge in [0.1, 0.15) is 11.7 Å². The molecule has 0 radical (unpaired) electrons. The van der Waals surface area contributed by atoms with Crippen molar-refractivity contribution in [3.8, 4) is 12.3 Å². The molecule has 4 atom stereocenters. The van der Waals surface area contributed by atoms with E-state index < -0.39 is 29.3 Å². The van der Waals surface area contributed by atoms with E-state index in [2.05, 4.69) is 5.92 Å². The average molecular weight is 319 g/mol. The first-order valence-electron chi connectivity index (χ1n) is 7.73. The van der Waals surface area contributed by atoms with E-state index in [-0.39, 0.29) is 18.1 Å². The molecule has 0 unspecified atom stereocenters. The maximum absolute atomic E-state index is 12.3. The van der Waals surface area contributed by atoms with Gasteiger partial charge in [-0.2, -0.15) is 0 Å². The SMILES string of the molecule is C#C[C@]1(CC)O[C@@H](N2C=CC(=O)CC2=O)[C@]2(C)OC(C)(C)O[C@@H]21. The largest absolute Gasteiger partial charge is 0.340 e. The van der Waals surface area contributed by atoms with Gasteiger partial charge in [-0.3, -0.25) is 14.5 Å². The Balaban J connectivity index is 2.05. The van der Waals surface area contributed by atoms with E-state index in [1.54, 1.807) is 0 Å². The fourth-order valence-corrected chi connectivity index (χ4v) is 3.69. The van der Waals surface area contributed by atoms with Crippen LogP contribution in [0.4, 0.5) is 0 Å². The van der Waals surface area contributed by atoms with E-state index >= 15 is 0 Å². The van der Waals surface area contributed by atoms with E-state index in [9.17, 15) is 9.59 Å². The maximum Gasteiger partial charge on any atom is 0.236 e. The first-order valence-corrected chi connectivity index (χ1v) is 7.73. The molecule has 2 saturated heterocycles. The Morgan fingerprint density at radius 2 is 2.04 bits per heavy atom. The molecule has 3 heterocycles. The lowest BCUT2D eigenvalue weighted by Gasteiger charge is -2.36. The van der Waals surface area contributed by atoms with E-state index in [1.807, 2.05) is 27.7 Å². The van der Waals surface area contributed by atoms with Crippen LogP contribution in [0, 0.1) is 12.3 Å². The molecule has 6 nitrogen and oxygen atoms in total. The van der Waals surface area contributed by atoms with Gasteiger partial charge < -0.3 is 14.2 Å². The number of allylic oxidation sites excluding steroid dienone is 1. The second-order valence-electron chi connectivity index (χ2n) is 6.80. The molecule has 3 aliphatic heterocycles. The number of ketones is 1. The summed E-state index contributed by atoms with van der Waals surface area (Å²) in [6, 6.07) is 0. The minimum atomic E-state index is -0.983. The van der Waals surface area contributed by atoms with Gasteiger partial charge in [-0.25, -0.2) is 0 Å². The topological polar surface area (TPSA) is 65.1 Å². The van der Waals surface area contributed by atoms with Crippen LogP contribution in [-0.4, -0.2) is 45.9 Å². The zero-order valence-electron chi connectivity index (χ0n) is 13.8. The normalized spacial score (nSPS) is 42.0. The third-order valence-corrected chi connectivity index (χ3v) is 4.68. The Kier molecular flexibility index (Phi) is 3.45. The van der Waals surface area contributed by atoms with Crippen molar-refractivity contribution in [2.24, 2.45) is 0 Å². The average Bonchev–Trinajstić information content (AvgIpc) is 2.84. The molecule has 0 aliphatic carbocycles. The summed E-state index contributed by atoms with van der Waals surface area (Å²) < 4.78 is 18.2. The van der Waals surface area contributed by atoms with Crippen molar-refractivity contribution in [1.29, 1.82) is 0 Å².